The Hall–Kier alpha value is -2.41. The normalized spacial score (nSPS) is 11.0. The zero-order valence-electron chi connectivity index (χ0n) is 16.7. The molecule has 1 aromatic heterocycles. The Bertz CT molecular complexity index is 898. The Morgan fingerprint density at radius 1 is 0.769 bits per heavy atom. The number of aromatic nitrogens is 1. The van der Waals surface area contributed by atoms with Gasteiger partial charge in [-0.05, 0) is 98.2 Å². The van der Waals surface area contributed by atoms with Crippen molar-refractivity contribution in [3.63, 3.8) is 0 Å². The van der Waals surface area contributed by atoms with Crippen molar-refractivity contribution >= 4 is 0 Å². The van der Waals surface area contributed by atoms with Crippen molar-refractivity contribution in [1.82, 2.24) is 4.98 Å². The zero-order chi connectivity index (χ0) is 18.7. The summed E-state index contributed by atoms with van der Waals surface area (Å²) in [6.45, 7) is 11.0. The van der Waals surface area contributed by atoms with Crippen LogP contribution < -0.4 is 0 Å². The van der Waals surface area contributed by atoms with Crippen LogP contribution in [0.3, 0.4) is 0 Å². The summed E-state index contributed by atoms with van der Waals surface area (Å²) in [5, 5.41) is 0. The molecule has 0 aliphatic heterocycles. The van der Waals surface area contributed by atoms with Crippen LogP contribution in [-0.4, -0.2) is 4.98 Å². The second-order valence-electron chi connectivity index (χ2n) is 7.48. The second kappa shape index (κ2) is 7.86. The molecule has 0 bridgehead atoms. The predicted octanol–water partition coefficient (Wildman–Crippen LogP) is 6.99. The summed E-state index contributed by atoms with van der Waals surface area (Å²) in [4.78, 5) is 4.64. The van der Waals surface area contributed by atoms with E-state index in [2.05, 4.69) is 82.1 Å². The maximum Gasteiger partial charge on any atom is 0.0708 e. The molecule has 0 saturated heterocycles. The Labute approximate surface area is 158 Å². The van der Waals surface area contributed by atoms with Crippen LogP contribution >= 0.6 is 0 Å². The van der Waals surface area contributed by atoms with Gasteiger partial charge < -0.3 is 0 Å². The van der Waals surface area contributed by atoms with Crippen molar-refractivity contribution in [1.29, 1.82) is 0 Å². The lowest BCUT2D eigenvalue weighted by Crippen LogP contribution is -1.92. The topological polar surface area (TPSA) is 12.9 Å². The SMILES string of the molecule is CCCCc1cc(C)cc(-c2ccnc(-c3cc(C)c(C)c(C)c3)c2)c1. The summed E-state index contributed by atoms with van der Waals surface area (Å²) < 4.78 is 0. The third-order valence-corrected chi connectivity index (χ3v) is 5.27. The summed E-state index contributed by atoms with van der Waals surface area (Å²) in [5.41, 5.74) is 11.6. The molecular formula is C25H29N. The highest BCUT2D eigenvalue weighted by molar-refractivity contribution is 5.72. The van der Waals surface area contributed by atoms with E-state index < -0.39 is 0 Å². The van der Waals surface area contributed by atoms with Gasteiger partial charge in [-0.1, -0.05) is 37.1 Å². The maximum atomic E-state index is 4.64. The second-order valence-corrected chi connectivity index (χ2v) is 7.48. The fourth-order valence-corrected chi connectivity index (χ4v) is 3.51. The molecule has 1 nitrogen and oxygen atoms in total. The van der Waals surface area contributed by atoms with E-state index >= 15 is 0 Å². The molecule has 3 rings (SSSR count). The van der Waals surface area contributed by atoms with Gasteiger partial charge in [-0.2, -0.15) is 0 Å². The molecule has 3 aromatic rings. The van der Waals surface area contributed by atoms with Crippen molar-refractivity contribution in [3.8, 4) is 22.4 Å². The number of rotatable bonds is 5. The van der Waals surface area contributed by atoms with Gasteiger partial charge in [0.25, 0.3) is 0 Å². The first-order valence-electron chi connectivity index (χ1n) is 9.63. The summed E-state index contributed by atoms with van der Waals surface area (Å²) in [5.74, 6) is 0. The number of hydrogen-bond donors (Lipinski definition) is 0. The lowest BCUT2D eigenvalue weighted by atomic mass is 9.95. The number of unbranched alkanes of at least 4 members (excludes halogenated alkanes) is 1. The van der Waals surface area contributed by atoms with Gasteiger partial charge in [0.1, 0.15) is 0 Å². The molecule has 1 heteroatoms. The fourth-order valence-electron chi connectivity index (χ4n) is 3.51. The van der Waals surface area contributed by atoms with Crippen molar-refractivity contribution in [3.05, 3.63) is 76.5 Å². The smallest absolute Gasteiger partial charge is 0.0708 e. The number of nitrogens with zero attached hydrogens (tertiary/aromatic N) is 1. The van der Waals surface area contributed by atoms with Gasteiger partial charge in [0.2, 0.25) is 0 Å². The number of benzene rings is 2. The third-order valence-electron chi connectivity index (χ3n) is 5.27. The van der Waals surface area contributed by atoms with Crippen LogP contribution in [0.25, 0.3) is 22.4 Å². The molecular weight excluding hydrogens is 314 g/mol. The van der Waals surface area contributed by atoms with Crippen molar-refractivity contribution in [2.24, 2.45) is 0 Å². The minimum Gasteiger partial charge on any atom is -0.256 e. The van der Waals surface area contributed by atoms with E-state index in [1.54, 1.807) is 0 Å². The summed E-state index contributed by atoms with van der Waals surface area (Å²) in [7, 11) is 0. The minimum absolute atomic E-state index is 1.05. The Morgan fingerprint density at radius 2 is 1.50 bits per heavy atom. The molecule has 0 spiro atoms. The first-order chi connectivity index (χ1) is 12.5. The number of pyridine rings is 1. The summed E-state index contributed by atoms with van der Waals surface area (Å²) in [6, 6.07) is 15.8. The lowest BCUT2D eigenvalue weighted by Gasteiger charge is -2.11. The Balaban J connectivity index is 2.01. The van der Waals surface area contributed by atoms with E-state index in [-0.39, 0.29) is 0 Å². The average molecular weight is 344 g/mol. The molecule has 2 aromatic carbocycles. The standard InChI is InChI=1S/C25H29N/c1-6-7-8-21-11-17(2)12-23(15-21)22-9-10-26-25(16-22)24-13-18(3)20(5)19(4)14-24/h9-16H,6-8H2,1-5H3. The summed E-state index contributed by atoms with van der Waals surface area (Å²) in [6.07, 6.45) is 5.56. The van der Waals surface area contributed by atoms with Gasteiger partial charge in [-0.15, -0.1) is 0 Å². The molecule has 0 aliphatic carbocycles. The van der Waals surface area contributed by atoms with Crippen LogP contribution in [0.15, 0.2) is 48.7 Å². The maximum absolute atomic E-state index is 4.64. The Morgan fingerprint density at radius 3 is 2.19 bits per heavy atom. The number of aryl methyl sites for hydroxylation is 4. The van der Waals surface area contributed by atoms with Gasteiger partial charge in [0.15, 0.2) is 0 Å². The predicted molar refractivity (Wildman–Crippen MR) is 113 cm³/mol. The van der Waals surface area contributed by atoms with Crippen LogP contribution in [0.5, 0.6) is 0 Å². The molecule has 1 heterocycles. The molecule has 0 atom stereocenters. The monoisotopic (exact) mass is 343 g/mol. The van der Waals surface area contributed by atoms with Crippen molar-refractivity contribution in [2.45, 2.75) is 53.9 Å². The highest BCUT2D eigenvalue weighted by atomic mass is 14.7. The first kappa shape index (κ1) is 18.4. The Kier molecular flexibility index (Phi) is 5.56. The molecule has 0 saturated carbocycles. The van der Waals surface area contributed by atoms with Gasteiger partial charge in [-0.25, -0.2) is 0 Å². The molecule has 0 radical (unpaired) electrons. The van der Waals surface area contributed by atoms with Crippen molar-refractivity contribution < 1.29 is 0 Å². The molecule has 0 amide bonds. The fraction of sp³-hybridized carbons (Fsp3) is 0.320. The van der Waals surface area contributed by atoms with Gasteiger partial charge >= 0.3 is 0 Å². The third kappa shape index (κ3) is 4.04. The quantitative estimate of drug-likeness (QED) is 0.486. The minimum atomic E-state index is 1.05. The first-order valence-corrected chi connectivity index (χ1v) is 9.63. The average Bonchev–Trinajstić information content (AvgIpc) is 2.63. The van der Waals surface area contributed by atoms with Crippen LogP contribution in [0, 0.1) is 27.7 Å². The van der Waals surface area contributed by atoms with Gasteiger partial charge in [0, 0.05) is 11.8 Å². The van der Waals surface area contributed by atoms with E-state index in [4.69, 9.17) is 0 Å². The molecule has 134 valence electrons. The zero-order valence-corrected chi connectivity index (χ0v) is 16.7. The highest BCUT2D eigenvalue weighted by Gasteiger charge is 2.08. The van der Waals surface area contributed by atoms with E-state index in [0.717, 1.165) is 12.1 Å². The molecule has 0 aliphatic rings. The van der Waals surface area contributed by atoms with Crippen molar-refractivity contribution in [2.75, 3.05) is 0 Å². The van der Waals surface area contributed by atoms with Crippen LogP contribution in [0.1, 0.15) is 47.6 Å². The molecule has 0 N–H and O–H groups in total. The van der Waals surface area contributed by atoms with E-state index in [1.807, 2.05) is 6.20 Å². The largest absolute Gasteiger partial charge is 0.256 e. The van der Waals surface area contributed by atoms with Crippen LogP contribution in [0.4, 0.5) is 0 Å². The molecule has 26 heavy (non-hydrogen) atoms. The van der Waals surface area contributed by atoms with E-state index in [9.17, 15) is 0 Å². The summed E-state index contributed by atoms with van der Waals surface area (Å²) >= 11 is 0. The van der Waals surface area contributed by atoms with Gasteiger partial charge in [0.05, 0.1) is 5.69 Å². The lowest BCUT2D eigenvalue weighted by molar-refractivity contribution is 0.795. The van der Waals surface area contributed by atoms with E-state index in [1.165, 1.54) is 57.3 Å². The number of hydrogen-bond acceptors (Lipinski definition) is 1. The molecule has 0 fully saturated rings. The van der Waals surface area contributed by atoms with Crippen LogP contribution in [-0.2, 0) is 6.42 Å². The van der Waals surface area contributed by atoms with E-state index in [0.29, 0.717) is 0 Å². The van der Waals surface area contributed by atoms with Crippen LogP contribution in [0.2, 0.25) is 0 Å². The van der Waals surface area contributed by atoms with Gasteiger partial charge in [-0.3, -0.25) is 4.98 Å². The highest BCUT2D eigenvalue weighted by Crippen LogP contribution is 2.28. The molecule has 0 unspecified atom stereocenters.